The number of carboxylic acids is 1. The zero-order valence-corrected chi connectivity index (χ0v) is 15.2. The largest absolute Gasteiger partial charge is 0.480 e. The summed E-state index contributed by atoms with van der Waals surface area (Å²) in [6.07, 6.45) is 0.697. The van der Waals surface area contributed by atoms with Gasteiger partial charge in [0.05, 0.1) is 0 Å². The van der Waals surface area contributed by atoms with Crippen molar-refractivity contribution in [1.29, 1.82) is 0 Å². The first-order chi connectivity index (χ1) is 13.0. The van der Waals surface area contributed by atoms with E-state index in [0.29, 0.717) is 0 Å². The molecule has 0 bridgehead atoms. The summed E-state index contributed by atoms with van der Waals surface area (Å²) in [6.45, 7) is 1.70. The number of carboxylic acid groups (broad SMARTS) is 1. The summed E-state index contributed by atoms with van der Waals surface area (Å²) >= 11 is 0. The average molecular weight is 368 g/mol. The molecule has 0 fully saturated rings. The molecule has 2 aromatic rings. The first-order valence-electron chi connectivity index (χ1n) is 8.90. The van der Waals surface area contributed by atoms with Gasteiger partial charge in [-0.15, -0.1) is 0 Å². The Hall–Kier alpha value is -3.15. The molecule has 3 N–H and O–H groups in total. The molecule has 0 aliphatic rings. The first-order valence-corrected chi connectivity index (χ1v) is 8.90. The zero-order valence-electron chi connectivity index (χ0n) is 15.2. The third-order valence-electron chi connectivity index (χ3n) is 4.15. The van der Waals surface area contributed by atoms with E-state index in [1.807, 2.05) is 60.7 Å². The van der Waals surface area contributed by atoms with Crippen LogP contribution >= 0.6 is 0 Å². The summed E-state index contributed by atoms with van der Waals surface area (Å²) in [7, 11) is 0. The molecular weight excluding hydrogens is 344 g/mol. The number of aliphatic carboxylic acids is 1. The highest BCUT2D eigenvalue weighted by molar-refractivity contribution is 5.90. The fraction of sp³-hybridized carbons (Fsp3) is 0.286. The maximum atomic E-state index is 12.7. The summed E-state index contributed by atoms with van der Waals surface area (Å²) in [5, 5.41) is 14.7. The van der Waals surface area contributed by atoms with Gasteiger partial charge in [0.1, 0.15) is 12.1 Å². The normalized spacial score (nSPS) is 12.6. The maximum absolute atomic E-state index is 12.7. The minimum Gasteiger partial charge on any atom is -0.480 e. The fourth-order valence-corrected chi connectivity index (χ4v) is 2.68. The number of nitrogens with one attached hydrogen (secondary N) is 2. The molecule has 6 heteroatoms. The van der Waals surface area contributed by atoms with E-state index < -0.39 is 24.0 Å². The minimum atomic E-state index is -1.12. The molecular formula is C21H24N2O4. The first kappa shape index (κ1) is 20.2. The van der Waals surface area contributed by atoms with Crippen LogP contribution in [0.1, 0.15) is 24.5 Å². The SMILES string of the molecule is CCC(=O)NC(Cc1ccccc1)C(=O)NC(Cc1ccccc1)C(=O)O. The summed E-state index contributed by atoms with van der Waals surface area (Å²) in [5.74, 6) is -1.89. The van der Waals surface area contributed by atoms with Gasteiger partial charge < -0.3 is 15.7 Å². The summed E-state index contributed by atoms with van der Waals surface area (Å²) in [4.78, 5) is 36.1. The maximum Gasteiger partial charge on any atom is 0.326 e. The molecule has 0 spiro atoms. The molecule has 0 aromatic heterocycles. The van der Waals surface area contributed by atoms with Crippen LogP contribution in [0.2, 0.25) is 0 Å². The standard InChI is InChI=1S/C21H24N2O4/c1-2-19(24)22-17(13-15-9-5-3-6-10-15)20(25)23-18(21(26)27)14-16-11-7-4-8-12-16/h3-12,17-18H,2,13-14H2,1H3,(H,22,24)(H,23,25)(H,26,27). The van der Waals surface area contributed by atoms with Crippen molar-refractivity contribution in [3.63, 3.8) is 0 Å². The van der Waals surface area contributed by atoms with Crippen LogP contribution in [-0.2, 0) is 27.2 Å². The van der Waals surface area contributed by atoms with Gasteiger partial charge in [0.25, 0.3) is 0 Å². The Balaban J connectivity index is 2.11. The van der Waals surface area contributed by atoms with Crippen LogP contribution in [0.15, 0.2) is 60.7 Å². The topological polar surface area (TPSA) is 95.5 Å². The van der Waals surface area contributed by atoms with Crippen LogP contribution in [0.4, 0.5) is 0 Å². The number of benzene rings is 2. The van der Waals surface area contributed by atoms with E-state index in [2.05, 4.69) is 10.6 Å². The average Bonchev–Trinajstić information content (AvgIpc) is 2.68. The molecule has 6 nitrogen and oxygen atoms in total. The lowest BCUT2D eigenvalue weighted by atomic mass is 10.0. The summed E-state index contributed by atoms with van der Waals surface area (Å²) in [5.41, 5.74) is 1.69. The predicted molar refractivity (Wildman–Crippen MR) is 102 cm³/mol. The van der Waals surface area contributed by atoms with E-state index in [1.165, 1.54) is 0 Å². The van der Waals surface area contributed by atoms with Gasteiger partial charge in [0, 0.05) is 19.3 Å². The van der Waals surface area contributed by atoms with Gasteiger partial charge in [0.15, 0.2) is 0 Å². The van der Waals surface area contributed by atoms with Crippen molar-refractivity contribution in [2.75, 3.05) is 0 Å². The summed E-state index contributed by atoms with van der Waals surface area (Å²) < 4.78 is 0. The molecule has 2 aromatic carbocycles. The van der Waals surface area contributed by atoms with Gasteiger partial charge in [0.2, 0.25) is 11.8 Å². The Morgan fingerprint density at radius 1 is 0.815 bits per heavy atom. The number of carbonyl (C=O) groups excluding carboxylic acids is 2. The van der Waals surface area contributed by atoms with E-state index in [4.69, 9.17) is 0 Å². The van der Waals surface area contributed by atoms with Gasteiger partial charge >= 0.3 is 5.97 Å². The van der Waals surface area contributed by atoms with Crippen molar-refractivity contribution < 1.29 is 19.5 Å². The van der Waals surface area contributed by atoms with Crippen LogP contribution < -0.4 is 10.6 Å². The van der Waals surface area contributed by atoms with Crippen molar-refractivity contribution in [2.45, 2.75) is 38.3 Å². The molecule has 0 heterocycles. The Kier molecular flexibility index (Phi) is 7.55. The van der Waals surface area contributed by atoms with Crippen LogP contribution in [0.3, 0.4) is 0 Å². The lowest BCUT2D eigenvalue weighted by molar-refractivity contribution is -0.142. The Labute approximate surface area is 158 Å². The molecule has 0 saturated heterocycles. The van der Waals surface area contributed by atoms with Gasteiger partial charge in [-0.25, -0.2) is 4.79 Å². The van der Waals surface area contributed by atoms with E-state index >= 15 is 0 Å². The minimum absolute atomic E-state index is 0.168. The second-order valence-corrected chi connectivity index (χ2v) is 6.25. The number of hydrogen-bond acceptors (Lipinski definition) is 3. The van der Waals surface area contributed by atoms with E-state index in [0.717, 1.165) is 11.1 Å². The Bertz CT molecular complexity index is 762. The van der Waals surface area contributed by atoms with E-state index in [-0.39, 0.29) is 25.2 Å². The zero-order chi connectivity index (χ0) is 19.6. The van der Waals surface area contributed by atoms with Gasteiger partial charge in [-0.05, 0) is 11.1 Å². The van der Waals surface area contributed by atoms with Crippen LogP contribution in [-0.4, -0.2) is 35.0 Å². The van der Waals surface area contributed by atoms with Crippen LogP contribution in [0.5, 0.6) is 0 Å². The smallest absolute Gasteiger partial charge is 0.326 e. The van der Waals surface area contributed by atoms with Gasteiger partial charge in [-0.2, -0.15) is 0 Å². The lowest BCUT2D eigenvalue weighted by Gasteiger charge is -2.21. The van der Waals surface area contributed by atoms with Crippen LogP contribution in [0.25, 0.3) is 0 Å². The molecule has 2 atom stereocenters. The fourth-order valence-electron chi connectivity index (χ4n) is 2.68. The molecule has 142 valence electrons. The van der Waals surface area contributed by atoms with E-state index in [9.17, 15) is 19.5 Å². The highest BCUT2D eigenvalue weighted by Crippen LogP contribution is 2.07. The molecule has 0 radical (unpaired) electrons. The molecule has 2 amide bonds. The number of carbonyl (C=O) groups is 3. The van der Waals surface area contributed by atoms with Gasteiger partial charge in [-0.1, -0.05) is 67.6 Å². The second kappa shape index (κ2) is 10.1. The highest BCUT2D eigenvalue weighted by atomic mass is 16.4. The lowest BCUT2D eigenvalue weighted by Crippen LogP contribution is -2.53. The monoisotopic (exact) mass is 368 g/mol. The number of hydrogen-bond donors (Lipinski definition) is 3. The summed E-state index contributed by atoms with van der Waals surface area (Å²) in [6, 6.07) is 16.5. The van der Waals surface area contributed by atoms with Crippen molar-refractivity contribution >= 4 is 17.8 Å². The van der Waals surface area contributed by atoms with Gasteiger partial charge in [-0.3, -0.25) is 9.59 Å². The number of rotatable bonds is 9. The third-order valence-corrected chi connectivity index (χ3v) is 4.15. The highest BCUT2D eigenvalue weighted by Gasteiger charge is 2.26. The second-order valence-electron chi connectivity index (χ2n) is 6.25. The molecule has 0 aliphatic heterocycles. The molecule has 2 rings (SSSR count). The molecule has 0 saturated carbocycles. The number of amides is 2. The predicted octanol–water partition coefficient (Wildman–Crippen LogP) is 1.94. The van der Waals surface area contributed by atoms with Crippen molar-refractivity contribution in [1.82, 2.24) is 10.6 Å². The Morgan fingerprint density at radius 3 is 1.74 bits per heavy atom. The quantitative estimate of drug-likeness (QED) is 0.630. The molecule has 0 aliphatic carbocycles. The Morgan fingerprint density at radius 2 is 1.30 bits per heavy atom. The van der Waals surface area contributed by atoms with E-state index in [1.54, 1.807) is 6.92 Å². The van der Waals surface area contributed by atoms with Crippen molar-refractivity contribution in [3.05, 3.63) is 71.8 Å². The van der Waals surface area contributed by atoms with Crippen molar-refractivity contribution in [2.24, 2.45) is 0 Å². The molecule has 2 unspecified atom stereocenters. The molecule has 27 heavy (non-hydrogen) atoms. The third kappa shape index (κ3) is 6.58. The van der Waals surface area contributed by atoms with Crippen molar-refractivity contribution in [3.8, 4) is 0 Å². The van der Waals surface area contributed by atoms with Crippen LogP contribution in [0, 0.1) is 0 Å².